The Morgan fingerprint density at radius 2 is 1.87 bits per heavy atom. The van der Waals surface area contributed by atoms with Gasteiger partial charge in [-0.05, 0) is 42.2 Å². The van der Waals surface area contributed by atoms with Crippen LogP contribution < -0.4 is 0 Å². The number of amides is 1. The molecule has 3 nitrogen and oxygen atoms in total. The Morgan fingerprint density at radius 1 is 1.17 bits per heavy atom. The van der Waals surface area contributed by atoms with E-state index in [9.17, 15) is 9.18 Å². The molecule has 0 spiro atoms. The summed E-state index contributed by atoms with van der Waals surface area (Å²) in [6.07, 6.45) is 3.96. The molecule has 0 N–H and O–H groups in total. The molecule has 0 aliphatic carbocycles. The summed E-state index contributed by atoms with van der Waals surface area (Å²) < 4.78 is 13.3. The zero-order chi connectivity index (χ0) is 16.8. The molecule has 4 heteroatoms. The van der Waals surface area contributed by atoms with Gasteiger partial charge in [0.25, 0.3) is 0 Å². The number of hydrogen-bond acceptors (Lipinski definition) is 2. The summed E-state index contributed by atoms with van der Waals surface area (Å²) in [5, 5.41) is 0. The lowest BCUT2D eigenvalue weighted by Gasteiger charge is -2.32. The number of rotatable bonds is 6. The fourth-order valence-corrected chi connectivity index (χ4v) is 2.70. The third-order valence-corrected chi connectivity index (χ3v) is 3.74. The molecule has 1 unspecified atom stereocenters. The van der Waals surface area contributed by atoms with Crippen molar-refractivity contribution in [2.45, 2.75) is 33.2 Å². The van der Waals surface area contributed by atoms with E-state index >= 15 is 0 Å². The van der Waals surface area contributed by atoms with Gasteiger partial charge in [-0.2, -0.15) is 0 Å². The quantitative estimate of drug-likeness (QED) is 0.800. The minimum Gasteiger partial charge on any atom is -0.332 e. The van der Waals surface area contributed by atoms with E-state index < -0.39 is 0 Å². The van der Waals surface area contributed by atoms with Crippen molar-refractivity contribution in [2.75, 3.05) is 6.54 Å². The van der Waals surface area contributed by atoms with Crippen molar-refractivity contribution in [2.24, 2.45) is 5.92 Å². The molecule has 2 aromatic rings. The Balaban J connectivity index is 2.43. The van der Waals surface area contributed by atoms with Gasteiger partial charge in [0.1, 0.15) is 5.82 Å². The molecule has 1 amide bonds. The van der Waals surface area contributed by atoms with E-state index in [1.807, 2.05) is 37.8 Å². The van der Waals surface area contributed by atoms with E-state index in [-0.39, 0.29) is 17.8 Å². The second kappa shape index (κ2) is 7.86. The first-order chi connectivity index (χ1) is 11.0. The minimum atomic E-state index is -0.282. The molecule has 23 heavy (non-hydrogen) atoms. The van der Waals surface area contributed by atoms with Crippen molar-refractivity contribution in [3.05, 3.63) is 65.7 Å². The standard InChI is InChI=1S/C19H23FN2O/c1-4-22(18(23)12-14(2)3)19(16-6-5-11-21-13-16)15-7-9-17(20)10-8-15/h5-11,13-14,19H,4,12H2,1-3H3. The van der Waals surface area contributed by atoms with Gasteiger partial charge in [0.2, 0.25) is 5.91 Å². The van der Waals surface area contributed by atoms with Crippen LogP contribution in [0.3, 0.4) is 0 Å². The van der Waals surface area contributed by atoms with Gasteiger partial charge in [0.15, 0.2) is 0 Å². The number of carbonyl (C=O) groups is 1. The Morgan fingerprint density at radius 3 is 2.39 bits per heavy atom. The summed E-state index contributed by atoms with van der Waals surface area (Å²) in [6, 6.07) is 9.88. The highest BCUT2D eigenvalue weighted by Crippen LogP contribution is 2.29. The monoisotopic (exact) mass is 314 g/mol. The average molecular weight is 314 g/mol. The number of hydrogen-bond donors (Lipinski definition) is 0. The van der Waals surface area contributed by atoms with E-state index in [2.05, 4.69) is 4.98 Å². The van der Waals surface area contributed by atoms with Gasteiger partial charge < -0.3 is 4.90 Å². The van der Waals surface area contributed by atoms with Crippen LogP contribution in [0, 0.1) is 11.7 Å². The Bertz CT molecular complexity index is 626. The van der Waals surface area contributed by atoms with Crippen molar-refractivity contribution in [1.82, 2.24) is 9.88 Å². The zero-order valence-electron chi connectivity index (χ0n) is 13.9. The van der Waals surface area contributed by atoms with Crippen LogP contribution in [0.2, 0.25) is 0 Å². The summed E-state index contributed by atoms with van der Waals surface area (Å²) in [7, 11) is 0. The van der Waals surface area contributed by atoms with E-state index in [1.54, 1.807) is 24.5 Å². The van der Waals surface area contributed by atoms with Gasteiger partial charge in [-0.15, -0.1) is 0 Å². The molecular formula is C19H23FN2O. The van der Waals surface area contributed by atoms with Gasteiger partial charge in [0, 0.05) is 25.4 Å². The van der Waals surface area contributed by atoms with Crippen molar-refractivity contribution in [3.63, 3.8) is 0 Å². The number of carbonyl (C=O) groups excluding carboxylic acids is 1. The molecular weight excluding hydrogens is 291 g/mol. The maximum atomic E-state index is 13.3. The molecule has 1 atom stereocenters. The maximum Gasteiger partial charge on any atom is 0.223 e. The Labute approximate surface area is 137 Å². The van der Waals surface area contributed by atoms with Crippen LogP contribution in [0.25, 0.3) is 0 Å². The van der Waals surface area contributed by atoms with E-state index in [1.165, 1.54) is 12.1 Å². The van der Waals surface area contributed by atoms with Crippen LogP contribution in [0.15, 0.2) is 48.8 Å². The lowest BCUT2D eigenvalue weighted by Crippen LogP contribution is -2.36. The SMILES string of the molecule is CCN(C(=O)CC(C)C)C(c1ccc(F)cc1)c1cccnc1. The number of benzene rings is 1. The van der Waals surface area contributed by atoms with Crippen LogP contribution in [-0.2, 0) is 4.79 Å². The van der Waals surface area contributed by atoms with Crippen LogP contribution in [0.4, 0.5) is 4.39 Å². The highest BCUT2D eigenvalue weighted by Gasteiger charge is 2.26. The summed E-state index contributed by atoms with van der Waals surface area (Å²) in [5.74, 6) is 0.107. The van der Waals surface area contributed by atoms with Gasteiger partial charge in [0.05, 0.1) is 6.04 Å². The Kier molecular flexibility index (Phi) is 5.85. The molecule has 0 saturated carbocycles. The van der Waals surface area contributed by atoms with E-state index in [0.29, 0.717) is 18.9 Å². The fourth-order valence-electron chi connectivity index (χ4n) is 2.70. The lowest BCUT2D eigenvalue weighted by atomic mass is 9.97. The molecule has 1 aromatic heterocycles. The fraction of sp³-hybridized carbons (Fsp3) is 0.368. The maximum absolute atomic E-state index is 13.3. The predicted octanol–water partition coefficient (Wildman–Crippen LogP) is 4.20. The van der Waals surface area contributed by atoms with Gasteiger partial charge in [-0.1, -0.05) is 32.0 Å². The number of pyridine rings is 1. The number of aromatic nitrogens is 1. The molecule has 0 aliphatic rings. The molecule has 122 valence electrons. The van der Waals surface area contributed by atoms with Crippen LogP contribution >= 0.6 is 0 Å². The summed E-state index contributed by atoms with van der Waals surface area (Å²) in [4.78, 5) is 18.7. The zero-order valence-corrected chi connectivity index (χ0v) is 13.9. The van der Waals surface area contributed by atoms with Crippen molar-refractivity contribution in [1.29, 1.82) is 0 Å². The molecule has 0 saturated heterocycles. The minimum absolute atomic E-state index is 0.0979. The highest BCUT2D eigenvalue weighted by molar-refractivity contribution is 5.77. The third-order valence-electron chi connectivity index (χ3n) is 3.74. The second-order valence-corrected chi connectivity index (χ2v) is 6.02. The predicted molar refractivity (Wildman–Crippen MR) is 89.3 cm³/mol. The normalized spacial score (nSPS) is 12.2. The van der Waals surface area contributed by atoms with Gasteiger partial charge in [-0.3, -0.25) is 9.78 Å². The number of halogens is 1. The largest absolute Gasteiger partial charge is 0.332 e. The number of nitrogens with zero attached hydrogens (tertiary/aromatic N) is 2. The summed E-state index contributed by atoms with van der Waals surface area (Å²) in [5.41, 5.74) is 1.82. The van der Waals surface area contributed by atoms with Crippen molar-refractivity contribution in [3.8, 4) is 0 Å². The lowest BCUT2D eigenvalue weighted by molar-refractivity contribution is -0.133. The first kappa shape index (κ1) is 17.1. The molecule has 0 bridgehead atoms. The summed E-state index contributed by atoms with van der Waals surface area (Å²) in [6.45, 7) is 6.61. The third kappa shape index (κ3) is 4.38. The first-order valence-electron chi connectivity index (χ1n) is 7.97. The molecule has 2 rings (SSSR count). The van der Waals surface area contributed by atoms with E-state index in [4.69, 9.17) is 0 Å². The van der Waals surface area contributed by atoms with Crippen LogP contribution in [0.1, 0.15) is 44.4 Å². The topological polar surface area (TPSA) is 33.2 Å². The molecule has 1 heterocycles. The van der Waals surface area contributed by atoms with Crippen LogP contribution in [-0.4, -0.2) is 22.3 Å². The van der Waals surface area contributed by atoms with Crippen LogP contribution in [0.5, 0.6) is 0 Å². The highest BCUT2D eigenvalue weighted by atomic mass is 19.1. The first-order valence-corrected chi connectivity index (χ1v) is 7.97. The molecule has 0 fully saturated rings. The Hall–Kier alpha value is -2.23. The average Bonchev–Trinajstić information content (AvgIpc) is 2.53. The molecule has 0 radical (unpaired) electrons. The van der Waals surface area contributed by atoms with E-state index in [0.717, 1.165) is 11.1 Å². The van der Waals surface area contributed by atoms with Crippen molar-refractivity contribution < 1.29 is 9.18 Å². The van der Waals surface area contributed by atoms with Gasteiger partial charge >= 0.3 is 0 Å². The van der Waals surface area contributed by atoms with Gasteiger partial charge in [-0.25, -0.2) is 4.39 Å². The summed E-state index contributed by atoms with van der Waals surface area (Å²) >= 11 is 0. The van der Waals surface area contributed by atoms with Crippen molar-refractivity contribution >= 4 is 5.91 Å². The smallest absolute Gasteiger partial charge is 0.223 e. The second-order valence-electron chi connectivity index (χ2n) is 6.02. The molecule has 1 aromatic carbocycles. The molecule has 0 aliphatic heterocycles.